The van der Waals surface area contributed by atoms with E-state index in [1.807, 2.05) is 18.7 Å². The van der Waals surface area contributed by atoms with Crippen molar-refractivity contribution in [3.8, 4) is 0 Å². The number of carbonyl (C=O) groups excluding carboxylic acids is 1. The number of nitrogen functional groups attached to an aromatic ring is 1. The number of aliphatic hydroxyl groups is 1. The third kappa shape index (κ3) is 3.61. The minimum atomic E-state index is -0.406. The Morgan fingerprint density at radius 1 is 1.47 bits per heavy atom. The minimum absolute atomic E-state index is 0.101. The van der Waals surface area contributed by atoms with Crippen molar-refractivity contribution in [2.24, 2.45) is 0 Å². The van der Waals surface area contributed by atoms with Crippen LogP contribution in [0, 0.1) is 0 Å². The summed E-state index contributed by atoms with van der Waals surface area (Å²) in [6, 6.07) is 5.36. The van der Waals surface area contributed by atoms with Gasteiger partial charge in [0.05, 0.1) is 24.0 Å². The Morgan fingerprint density at radius 3 is 2.68 bits per heavy atom. The molecule has 19 heavy (non-hydrogen) atoms. The highest BCUT2D eigenvalue weighted by molar-refractivity contribution is 5.99. The van der Waals surface area contributed by atoms with Crippen LogP contribution in [-0.4, -0.2) is 37.4 Å². The third-order valence-electron chi connectivity index (χ3n) is 2.94. The molecule has 5 heteroatoms. The number of anilines is 2. The zero-order valence-corrected chi connectivity index (χ0v) is 11.7. The maximum atomic E-state index is 11.8. The summed E-state index contributed by atoms with van der Waals surface area (Å²) in [6.07, 6.45) is 0.618. The van der Waals surface area contributed by atoms with Gasteiger partial charge in [-0.05, 0) is 32.4 Å². The Bertz CT molecular complexity index is 433. The number of ether oxygens (including phenoxy) is 1. The lowest BCUT2D eigenvalue weighted by Crippen LogP contribution is -2.34. The van der Waals surface area contributed by atoms with Crippen LogP contribution in [0.4, 0.5) is 11.4 Å². The number of hydrogen-bond donors (Lipinski definition) is 2. The highest BCUT2D eigenvalue weighted by Crippen LogP contribution is 2.30. The number of benzene rings is 1. The average molecular weight is 266 g/mol. The SMILES string of the molecule is COC(=O)c1cccc(N)c1N(CCCO)C(C)C. The molecule has 0 bridgehead atoms. The molecule has 1 aromatic rings. The van der Waals surface area contributed by atoms with Crippen LogP contribution >= 0.6 is 0 Å². The molecule has 5 nitrogen and oxygen atoms in total. The standard InChI is InChI=1S/C14H22N2O3/c1-10(2)16(8-5-9-17)13-11(14(18)19-3)6-4-7-12(13)15/h4,6-7,10,17H,5,8-9,15H2,1-3H3. The number of aliphatic hydroxyl groups excluding tert-OH is 1. The number of nitrogens with two attached hydrogens (primary N) is 1. The molecule has 0 aliphatic carbocycles. The first-order valence-corrected chi connectivity index (χ1v) is 6.37. The van der Waals surface area contributed by atoms with Gasteiger partial charge in [-0.15, -0.1) is 0 Å². The number of nitrogens with zero attached hydrogens (tertiary/aromatic N) is 1. The zero-order chi connectivity index (χ0) is 14.4. The number of rotatable bonds is 6. The Balaban J connectivity index is 3.23. The first-order valence-electron chi connectivity index (χ1n) is 6.37. The molecule has 106 valence electrons. The van der Waals surface area contributed by atoms with E-state index in [-0.39, 0.29) is 12.6 Å². The fourth-order valence-corrected chi connectivity index (χ4v) is 2.03. The van der Waals surface area contributed by atoms with Crippen LogP contribution in [0.15, 0.2) is 18.2 Å². The molecule has 1 aromatic carbocycles. The van der Waals surface area contributed by atoms with Gasteiger partial charge in [0.2, 0.25) is 0 Å². The molecule has 0 aromatic heterocycles. The molecule has 0 amide bonds. The van der Waals surface area contributed by atoms with Gasteiger partial charge in [-0.2, -0.15) is 0 Å². The van der Waals surface area contributed by atoms with E-state index in [0.717, 1.165) is 0 Å². The van der Waals surface area contributed by atoms with Gasteiger partial charge in [-0.3, -0.25) is 0 Å². The number of methoxy groups -OCH3 is 1. The molecule has 1 rings (SSSR count). The lowest BCUT2D eigenvalue weighted by atomic mass is 10.1. The van der Waals surface area contributed by atoms with Crippen LogP contribution in [0.25, 0.3) is 0 Å². The number of para-hydroxylation sites is 1. The second kappa shape index (κ2) is 6.99. The molecule has 0 heterocycles. The zero-order valence-electron chi connectivity index (χ0n) is 11.7. The molecule has 0 spiro atoms. The van der Waals surface area contributed by atoms with Gasteiger partial charge >= 0.3 is 5.97 Å². The minimum Gasteiger partial charge on any atom is -0.465 e. The van der Waals surface area contributed by atoms with E-state index in [1.54, 1.807) is 18.2 Å². The van der Waals surface area contributed by atoms with Crippen LogP contribution in [0.5, 0.6) is 0 Å². The topological polar surface area (TPSA) is 75.8 Å². The molecule has 0 radical (unpaired) electrons. The molecular weight excluding hydrogens is 244 g/mol. The predicted octanol–water partition coefficient (Wildman–Crippen LogP) is 1.65. The van der Waals surface area contributed by atoms with Crippen molar-refractivity contribution < 1.29 is 14.6 Å². The Labute approximate surface area is 114 Å². The summed E-state index contributed by atoms with van der Waals surface area (Å²) in [4.78, 5) is 13.8. The van der Waals surface area contributed by atoms with E-state index >= 15 is 0 Å². The summed E-state index contributed by atoms with van der Waals surface area (Å²) >= 11 is 0. The quantitative estimate of drug-likeness (QED) is 0.605. The maximum Gasteiger partial charge on any atom is 0.340 e. The molecular formula is C14H22N2O3. The van der Waals surface area contributed by atoms with Crippen molar-refractivity contribution in [2.75, 3.05) is 30.9 Å². The van der Waals surface area contributed by atoms with Gasteiger partial charge in [0.1, 0.15) is 0 Å². The van der Waals surface area contributed by atoms with Crippen LogP contribution in [0.2, 0.25) is 0 Å². The van der Waals surface area contributed by atoms with Crippen LogP contribution in [0.3, 0.4) is 0 Å². The van der Waals surface area contributed by atoms with Crippen LogP contribution in [-0.2, 0) is 4.74 Å². The largest absolute Gasteiger partial charge is 0.465 e. The van der Waals surface area contributed by atoms with Crippen molar-refractivity contribution in [2.45, 2.75) is 26.3 Å². The fraction of sp³-hybridized carbons (Fsp3) is 0.500. The molecule has 0 atom stereocenters. The Kier molecular flexibility index (Phi) is 5.63. The molecule has 0 aliphatic rings. The monoisotopic (exact) mass is 266 g/mol. The Hall–Kier alpha value is -1.75. The van der Waals surface area contributed by atoms with Crippen LogP contribution in [0.1, 0.15) is 30.6 Å². The highest BCUT2D eigenvalue weighted by atomic mass is 16.5. The first kappa shape index (κ1) is 15.3. The van der Waals surface area contributed by atoms with Gasteiger partial charge in [0, 0.05) is 19.2 Å². The van der Waals surface area contributed by atoms with Gasteiger partial charge in [0.15, 0.2) is 0 Å². The summed E-state index contributed by atoms with van der Waals surface area (Å²) in [5, 5.41) is 8.99. The van der Waals surface area contributed by atoms with Crippen molar-refractivity contribution in [1.82, 2.24) is 0 Å². The smallest absolute Gasteiger partial charge is 0.340 e. The van der Waals surface area contributed by atoms with E-state index in [9.17, 15) is 4.79 Å². The molecule has 3 N–H and O–H groups in total. The summed E-state index contributed by atoms with van der Waals surface area (Å²) in [5.74, 6) is -0.406. The second-order valence-corrected chi connectivity index (χ2v) is 4.60. The highest BCUT2D eigenvalue weighted by Gasteiger charge is 2.21. The fourth-order valence-electron chi connectivity index (χ4n) is 2.03. The first-order chi connectivity index (χ1) is 9.02. The van der Waals surface area contributed by atoms with E-state index < -0.39 is 5.97 Å². The summed E-state index contributed by atoms with van der Waals surface area (Å²) in [5.41, 5.74) is 7.68. The number of hydrogen-bond acceptors (Lipinski definition) is 5. The normalized spacial score (nSPS) is 10.6. The maximum absolute atomic E-state index is 11.8. The van der Waals surface area contributed by atoms with E-state index in [4.69, 9.17) is 15.6 Å². The third-order valence-corrected chi connectivity index (χ3v) is 2.94. The average Bonchev–Trinajstić information content (AvgIpc) is 2.39. The second-order valence-electron chi connectivity index (χ2n) is 4.60. The van der Waals surface area contributed by atoms with Gasteiger partial charge in [-0.25, -0.2) is 4.79 Å². The number of carbonyl (C=O) groups is 1. The lowest BCUT2D eigenvalue weighted by Gasteiger charge is -2.31. The molecule has 0 aliphatic heterocycles. The van der Waals surface area contributed by atoms with Gasteiger partial charge in [-0.1, -0.05) is 6.07 Å². The molecule has 0 unspecified atom stereocenters. The predicted molar refractivity (Wildman–Crippen MR) is 76.4 cm³/mol. The van der Waals surface area contributed by atoms with E-state index in [2.05, 4.69) is 0 Å². The summed E-state index contributed by atoms with van der Waals surface area (Å²) < 4.78 is 4.80. The van der Waals surface area contributed by atoms with Crippen molar-refractivity contribution in [1.29, 1.82) is 0 Å². The summed E-state index contributed by atoms with van der Waals surface area (Å²) in [7, 11) is 1.35. The van der Waals surface area contributed by atoms with Crippen molar-refractivity contribution in [3.05, 3.63) is 23.8 Å². The van der Waals surface area contributed by atoms with E-state index in [0.29, 0.717) is 29.9 Å². The molecule has 0 saturated carbocycles. The van der Waals surface area contributed by atoms with Crippen LogP contribution < -0.4 is 10.6 Å². The van der Waals surface area contributed by atoms with Gasteiger partial charge < -0.3 is 20.5 Å². The molecule has 0 saturated heterocycles. The number of esters is 1. The Morgan fingerprint density at radius 2 is 2.16 bits per heavy atom. The van der Waals surface area contributed by atoms with Gasteiger partial charge in [0.25, 0.3) is 0 Å². The van der Waals surface area contributed by atoms with E-state index in [1.165, 1.54) is 7.11 Å². The summed E-state index contributed by atoms with van der Waals surface area (Å²) in [6.45, 7) is 4.77. The van der Waals surface area contributed by atoms with Crippen molar-refractivity contribution in [3.63, 3.8) is 0 Å². The molecule has 0 fully saturated rings. The van der Waals surface area contributed by atoms with Crippen molar-refractivity contribution >= 4 is 17.3 Å². The lowest BCUT2D eigenvalue weighted by molar-refractivity contribution is 0.0601.